The fraction of sp³-hybridized carbons (Fsp3) is 0.786. The summed E-state index contributed by atoms with van der Waals surface area (Å²) in [5.41, 5.74) is 0. The smallest absolute Gasteiger partial charge is 0.326 e. The number of amides is 2. The van der Waals surface area contributed by atoms with Crippen LogP contribution in [0.15, 0.2) is 0 Å². The molecule has 2 N–H and O–H groups in total. The van der Waals surface area contributed by atoms with Crippen molar-refractivity contribution in [1.82, 2.24) is 10.2 Å². The van der Waals surface area contributed by atoms with Crippen LogP contribution in [0.5, 0.6) is 0 Å². The molecule has 1 rings (SSSR count). The summed E-state index contributed by atoms with van der Waals surface area (Å²) in [6.45, 7) is 3.39. The minimum atomic E-state index is -1.14. The zero-order valence-electron chi connectivity index (χ0n) is 12.6. The number of esters is 1. The SMILES string of the molecule is CCC1CCCN(C(=O)N[C@@H](CCC(=O)OC)C(=O)O)C1. The van der Waals surface area contributed by atoms with Crippen molar-refractivity contribution in [2.75, 3.05) is 20.2 Å². The van der Waals surface area contributed by atoms with Crippen molar-refractivity contribution in [3.05, 3.63) is 0 Å². The van der Waals surface area contributed by atoms with Gasteiger partial charge in [0, 0.05) is 19.5 Å². The van der Waals surface area contributed by atoms with E-state index in [-0.39, 0.29) is 18.9 Å². The first kappa shape index (κ1) is 17.3. The summed E-state index contributed by atoms with van der Waals surface area (Å²) in [7, 11) is 1.25. The number of aliphatic carboxylic acids is 1. The Bertz CT molecular complexity index is 386. The topological polar surface area (TPSA) is 95.9 Å². The lowest BCUT2D eigenvalue weighted by molar-refractivity contribution is -0.142. The van der Waals surface area contributed by atoms with Crippen molar-refractivity contribution in [3.8, 4) is 0 Å². The molecule has 21 heavy (non-hydrogen) atoms. The number of likely N-dealkylation sites (tertiary alicyclic amines) is 1. The van der Waals surface area contributed by atoms with Gasteiger partial charge in [-0.2, -0.15) is 0 Å². The summed E-state index contributed by atoms with van der Waals surface area (Å²) >= 11 is 0. The van der Waals surface area contributed by atoms with E-state index in [1.807, 2.05) is 0 Å². The molecule has 0 saturated carbocycles. The quantitative estimate of drug-likeness (QED) is 0.719. The zero-order valence-corrected chi connectivity index (χ0v) is 12.6. The van der Waals surface area contributed by atoms with Gasteiger partial charge in [-0.1, -0.05) is 13.3 Å². The molecule has 120 valence electrons. The molecule has 0 aromatic heterocycles. The Morgan fingerprint density at radius 1 is 1.43 bits per heavy atom. The fourth-order valence-electron chi connectivity index (χ4n) is 2.44. The van der Waals surface area contributed by atoms with Crippen LogP contribution >= 0.6 is 0 Å². The number of urea groups is 1. The minimum absolute atomic E-state index is 0.0266. The molecule has 1 heterocycles. The van der Waals surface area contributed by atoms with Crippen LogP contribution in [0, 0.1) is 5.92 Å². The van der Waals surface area contributed by atoms with Crippen molar-refractivity contribution in [2.24, 2.45) is 5.92 Å². The second-order valence-electron chi connectivity index (χ2n) is 5.32. The first-order chi connectivity index (χ1) is 9.97. The third kappa shape index (κ3) is 5.61. The number of carboxylic acids is 1. The number of carboxylic acid groups (broad SMARTS) is 1. The third-order valence-corrected chi connectivity index (χ3v) is 3.84. The monoisotopic (exact) mass is 300 g/mol. The predicted octanol–water partition coefficient (Wildman–Crippen LogP) is 1.22. The van der Waals surface area contributed by atoms with Gasteiger partial charge < -0.3 is 20.1 Å². The van der Waals surface area contributed by atoms with E-state index >= 15 is 0 Å². The van der Waals surface area contributed by atoms with E-state index in [4.69, 9.17) is 5.11 Å². The van der Waals surface area contributed by atoms with Gasteiger partial charge in [0.15, 0.2) is 0 Å². The Balaban J connectivity index is 2.51. The summed E-state index contributed by atoms with van der Waals surface area (Å²) in [6, 6.07) is -1.44. The molecule has 1 saturated heterocycles. The van der Waals surface area contributed by atoms with E-state index in [9.17, 15) is 14.4 Å². The first-order valence-corrected chi connectivity index (χ1v) is 7.33. The maximum absolute atomic E-state index is 12.1. The molecule has 0 bridgehead atoms. The largest absolute Gasteiger partial charge is 0.480 e. The predicted molar refractivity (Wildman–Crippen MR) is 75.8 cm³/mol. The Labute approximate surface area is 124 Å². The highest BCUT2D eigenvalue weighted by Gasteiger charge is 2.27. The molecule has 1 aliphatic rings. The number of carbonyl (C=O) groups is 3. The van der Waals surface area contributed by atoms with Crippen LogP contribution in [0.25, 0.3) is 0 Å². The molecule has 2 atom stereocenters. The number of nitrogens with zero attached hydrogens (tertiary/aromatic N) is 1. The first-order valence-electron chi connectivity index (χ1n) is 7.33. The van der Waals surface area contributed by atoms with Gasteiger partial charge in [-0.25, -0.2) is 9.59 Å². The molecule has 1 fully saturated rings. The maximum Gasteiger partial charge on any atom is 0.326 e. The molecular formula is C14H24N2O5. The lowest BCUT2D eigenvalue weighted by Gasteiger charge is -2.33. The number of nitrogens with one attached hydrogen (secondary N) is 1. The second kappa shape index (κ2) is 8.49. The van der Waals surface area contributed by atoms with E-state index in [2.05, 4.69) is 17.0 Å². The number of ether oxygens (including phenoxy) is 1. The molecule has 1 unspecified atom stereocenters. The van der Waals surface area contributed by atoms with Gasteiger partial charge in [0.05, 0.1) is 7.11 Å². The molecule has 0 aromatic rings. The van der Waals surface area contributed by atoms with Gasteiger partial charge in [0.25, 0.3) is 0 Å². The zero-order chi connectivity index (χ0) is 15.8. The number of hydrogen-bond acceptors (Lipinski definition) is 4. The lowest BCUT2D eigenvalue weighted by Crippen LogP contribution is -2.50. The molecule has 0 aromatic carbocycles. The summed E-state index contributed by atoms with van der Waals surface area (Å²) in [5, 5.41) is 11.6. The van der Waals surface area contributed by atoms with Crippen molar-refractivity contribution in [3.63, 3.8) is 0 Å². The number of piperidine rings is 1. The highest BCUT2D eigenvalue weighted by atomic mass is 16.5. The van der Waals surface area contributed by atoms with Gasteiger partial charge in [0.2, 0.25) is 0 Å². The van der Waals surface area contributed by atoms with Crippen LogP contribution in [0.4, 0.5) is 4.79 Å². The second-order valence-corrected chi connectivity index (χ2v) is 5.32. The molecule has 1 aliphatic heterocycles. The molecule has 0 aliphatic carbocycles. The average molecular weight is 300 g/mol. The normalized spacial score (nSPS) is 19.7. The van der Waals surface area contributed by atoms with E-state index in [1.54, 1.807) is 4.90 Å². The van der Waals surface area contributed by atoms with Crippen molar-refractivity contribution < 1.29 is 24.2 Å². The van der Waals surface area contributed by atoms with Gasteiger partial charge in [-0.05, 0) is 25.2 Å². The van der Waals surface area contributed by atoms with Gasteiger partial charge in [-0.15, -0.1) is 0 Å². The van der Waals surface area contributed by atoms with Crippen LogP contribution in [-0.4, -0.2) is 54.2 Å². The Morgan fingerprint density at radius 3 is 2.71 bits per heavy atom. The molecule has 7 heteroatoms. The van der Waals surface area contributed by atoms with Crippen LogP contribution in [0.2, 0.25) is 0 Å². The van der Waals surface area contributed by atoms with Crippen molar-refractivity contribution >= 4 is 18.0 Å². The highest BCUT2D eigenvalue weighted by Crippen LogP contribution is 2.19. The third-order valence-electron chi connectivity index (χ3n) is 3.84. The molecule has 7 nitrogen and oxygen atoms in total. The van der Waals surface area contributed by atoms with Crippen LogP contribution in [0.1, 0.15) is 39.0 Å². The standard InChI is InChI=1S/C14H24N2O5/c1-3-10-5-4-8-16(9-10)14(20)15-11(13(18)19)6-7-12(17)21-2/h10-11H,3-9H2,1-2H3,(H,15,20)(H,18,19)/t10?,11-/m0/s1. The van der Waals surface area contributed by atoms with E-state index < -0.39 is 18.0 Å². The van der Waals surface area contributed by atoms with E-state index in [1.165, 1.54) is 7.11 Å². The van der Waals surface area contributed by atoms with Crippen molar-refractivity contribution in [1.29, 1.82) is 0 Å². The minimum Gasteiger partial charge on any atom is -0.480 e. The number of hydrogen-bond donors (Lipinski definition) is 2. The van der Waals surface area contributed by atoms with Crippen LogP contribution in [0.3, 0.4) is 0 Å². The Morgan fingerprint density at radius 2 is 2.14 bits per heavy atom. The Hall–Kier alpha value is -1.79. The van der Waals surface area contributed by atoms with Crippen LogP contribution in [-0.2, 0) is 14.3 Å². The molecular weight excluding hydrogens is 276 g/mol. The summed E-state index contributed by atoms with van der Waals surface area (Å²) in [5.74, 6) is -1.15. The maximum atomic E-state index is 12.1. The summed E-state index contributed by atoms with van der Waals surface area (Å²) < 4.78 is 4.48. The molecule has 0 radical (unpaired) electrons. The highest BCUT2D eigenvalue weighted by molar-refractivity contribution is 5.83. The number of methoxy groups -OCH3 is 1. The van der Waals surface area contributed by atoms with E-state index in [0.29, 0.717) is 19.0 Å². The van der Waals surface area contributed by atoms with Gasteiger partial charge >= 0.3 is 18.0 Å². The van der Waals surface area contributed by atoms with E-state index in [0.717, 1.165) is 19.3 Å². The summed E-state index contributed by atoms with van der Waals surface area (Å²) in [6.07, 6.45) is 3.04. The molecule has 2 amide bonds. The lowest BCUT2D eigenvalue weighted by atomic mass is 9.96. The molecule has 0 spiro atoms. The van der Waals surface area contributed by atoms with Gasteiger partial charge in [-0.3, -0.25) is 4.79 Å². The van der Waals surface area contributed by atoms with Gasteiger partial charge in [0.1, 0.15) is 6.04 Å². The van der Waals surface area contributed by atoms with Crippen LogP contribution < -0.4 is 5.32 Å². The number of rotatable bonds is 6. The summed E-state index contributed by atoms with van der Waals surface area (Å²) in [4.78, 5) is 36.0. The van der Waals surface area contributed by atoms with Crippen molar-refractivity contribution in [2.45, 2.75) is 45.1 Å². The number of carbonyl (C=O) groups excluding carboxylic acids is 2. The average Bonchev–Trinajstić information content (AvgIpc) is 2.50. The fourth-order valence-corrected chi connectivity index (χ4v) is 2.44. The Kier molecular flexibility index (Phi) is 6.98.